The van der Waals surface area contributed by atoms with E-state index in [2.05, 4.69) is 0 Å². The predicted molar refractivity (Wildman–Crippen MR) is 32.7 cm³/mol. The number of sulfonamides is 1. The summed E-state index contributed by atoms with van der Waals surface area (Å²) in [5.74, 6) is 0. The second-order valence-corrected chi connectivity index (χ2v) is 5.10. The molecule has 0 saturated carbocycles. The number of nitrogens with one attached hydrogen (secondary N) is 1. The fraction of sp³-hybridized carbons (Fsp3) is 1.00. The smallest absolute Gasteiger partial charge is 0.205 e. The minimum Gasteiger partial charge on any atom is -0.205 e. The van der Waals surface area contributed by atoms with Gasteiger partial charge in [-0.1, -0.05) is 8.01 Å². The van der Waals surface area contributed by atoms with Gasteiger partial charge in [0.05, 0.1) is 0 Å². The van der Waals surface area contributed by atoms with Crippen LogP contribution in [0.4, 0.5) is 12.7 Å². The van der Waals surface area contributed by atoms with Crippen LogP contribution in [0.3, 0.4) is 0 Å². The van der Waals surface area contributed by atoms with Crippen LogP contribution in [-0.4, -0.2) is 22.1 Å². The van der Waals surface area contributed by atoms with Crippen LogP contribution in [0, 0.1) is 0 Å². The van der Waals surface area contributed by atoms with E-state index in [0.29, 0.717) is 0 Å². The maximum Gasteiger partial charge on any atom is 0.385 e. The molecule has 0 spiro atoms. The zero-order valence-electron chi connectivity index (χ0n) is 5.58. The predicted octanol–water partition coefficient (Wildman–Crippen LogP) is -0.267. The Labute approximate surface area is 67.0 Å². The third-order valence-corrected chi connectivity index (χ3v) is 3.30. The Balaban J connectivity index is 4.96. The third-order valence-electron chi connectivity index (χ3n) is 0.681. The number of rotatable bonds is 3. The summed E-state index contributed by atoms with van der Waals surface area (Å²) in [6, 6.07) is 0. The molecule has 0 aliphatic heterocycles. The molecule has 0 amide bonds. The van der Waals surface area contributed by atoms with Gasteiger partial charge in [-0.3, -0.25) is 0 Å². The largest absolute Gasteiger partial charge is 0.385 e. The molecule has 10 heteroatoms. The number of alkyl halides is 2. The van der Waals surface area contributed by atoms with Crippen molar-refractivity contribution >= 4 is 20.4 Å². The van der Waals surface area contributed by atoms with Gasteiger partial charge < -0.3 is 0 Å². The van der Waals surface area contributed by atoms with E-state index in [0.717, 1.165) is 0 Å². The zero-order valence-corrected chi connectivity index (χ0v) is 7.22. The Hall–Kier alpha value is -0.350. The van der Waals surface area contributed by atoms with Gasteiger partial charge in [-0.2, -0.15) is 17.2 Å². The Morgan fingerprint density at radius 1 is 1.17 bits per heavy atom. The summed E-state index contributed by atoms with van der Waals surface area (Å²) in [5, 5.41) is -4.36. The summed E-state index contributed by atoms with van der Waals surface area (Å²) >= 11 is 0. The highest BCUT2D eigenvalue weighted by atomic mass is 32.3. The first-order valence-electron chi connectivity index (χ1n) is 2.31. The van der Waals surface area contributed by atoms with Crippen molar-refractivity contribution in [1.82, 2.24) is 4.13 Å². The number of hydrogen-bond acceptors (Lipinski definition) is 4. The molecule has 5 nitrogen and oxygen atoms in total. The molecule has 0 fully saturated rings. The summed E-state index contributed by atoms with van der Waals surface area (Å²) in [6.07, 6.45) is 0. The molecular formula is C2H4F3NO4S2. The molecule has 0 rings (SSSR count). The van der Waals surface area contributed by atoms with E-state index < -0.39 is 25.7 Å². The van der Waals surface area contributed by atoms with E-state index in [1.165, 1.54) is 0 Å². The van der Waals surface area contributed by atoms with E-state index >= 15 is 0 Å². The minimum atomic E-state index is -5.68. The Morgan fingerprint density at radius 2 is 1.50 bits per heavy atom. The van der Waals surface area contributed by atoms with Crippen LogP contribution in [0.25, 0.3) is 0 Å². The monoisotopic (exact) mass is 227 g/mol. The zero-order chi connectivity index (χ0) is 10.2. The van der Waals surface area contributed by atoms with E-state index in [1.54, 1.807) is 0 Å². The lowest BCUT2D eigenvalue weighted by molar-refractivity contribution is 0.113. The molecule has 12 heavy (non-hydrogen) atoms. The highest BCUT2D eigenvalue weighted by Gasteiger charge is 2.42. The lowest BCUT2D eigenvalue weighted by Crippen LogP contribution is -2.39. The molecule has 0 heterocycles. The summed E-state index contributed by atoms with van der Waals surface area (Å²) < 4.78 is 75.2. The van der Waals surface area contributed by atoms with Crippen molar-refractivity contribution in [3.63, 3.8) is 0 Å². The van der Waals surface area contributed by atoms with Crippen LogP contribution in [0.2, 0.25) is 0 Å². The Bertz CT molecular complexity index is 350. The fourth-order valence-electron chi connectivity index (χ4n) is 0.204. The van der Waals surface area contributed by atoms with Crippen molar-refractivity contribution in [3.8, 4) is 0 Å². The average Bonchev–Trinajstić information content (AvgIpc) is 1.52. The maximum atomic E-state index is 11.9. The van der Waals surface area contributed by atoms with E-state index in [-0.39, 0.29) is 11.1 Å². The molecule has 0 aromatic heterocycles. The number of halogens is 3. The molecule has 0 aromatic rings. The van der Waals surface area contributed by atoms with Gasteiger partial charge >= 0.3 is 15.7 Å². The van der Waals surface area contributed by atoms with Crippen molar-refractivity contribution < 1.29 is 29.5 Å². The fourth-order valence-corrected chi connectivity index (χ4v) is 1.84. The van der Waals surface area contributed by atoms with Gasteiger partial charge in [0, 0.05) is 6.92 Å². The topological polar surface area (TPSA) is 80.3 Å². The third kappa shape index (κ3) is 3.36. The normalized spacial score (nSPS) is 14.7. The molecular weight excluding hydrogens is 223 g/mol. The van der Waals surface area contributed by atoms with Gasteiger partial charge in [-0.25, -0.2) is 8.42 Å². The summed E-state index contributed by atoms with van der Waals surface area (Å²) in [5.41, 5.74) is 0. The SMILES string of the molecule is CC(F)(F)S(=O)(=O)NS(=O)(=O)F. The van der Waals surface area contributed by atoms with Gasteiger partial charge in [-0.05, 0) is 0 Å². The highest BCUT2D eigenvalue weighted by Crippen LogP contribution is 2.19. The van der Waals surface area contributed by atoms with Gasteiger partial charge in [-0.15, -0.1) is 0 Å². The van der Waals surface area contributed by atoms with Crippen molar-refractivity contribution in [3.05, 3.63) is 0 Å². The van der Waals surface area contributed by atoms with Crippen LogP contribution in [0.15, 0.2) is 0 Å². The molecule has 0 atom stereocenters. The lowest BCUT2D eigenvalue weighted by atomic mass is 10.9. The summed E-state index contributed by atoms with van der Waals surface area (Å²) in [4.78, 5) is 0. The molecule has 74 valence electrons. The molecule has 0 aliphatic carbocycles. The molecule has 0 bridgehead atoms. The second-order valence-electron chi connectivity index (χ2n) is 1.83. The van der Waals surface area contributed by atoms with E-state index in [9.17, 15) is 29.5 Å². The molecule has 0 aliphatic rings. The quantitative estimate of drug-likeness (QED) is 0.673. The van der Waals surface area contributed by atoms with Crippen molar-refractivity contribution in [2.24, 2.45) is 0 Å². The van der Waals surface area contributed by atoms with Crippen LogP contribution in [0.5, 0.6) is 0 Å². The molecule has 0 saturated heterocycles. The van der Waals surface area contributed by atoms with Gasteiger partial charge in [0.1, 0.15) is 0 Å². The van der Waals surface area contributed by atoms with Gasteiger partial charge in [0.2, 0.25) is 0 Å². The average molecular weight is 227 g/mol. The summed E-state index contributed by atoms with van der Waals surface area (Å²) in [7, 11) is -11.2. The van der Waals surface area contributed by atoms with Crippen molar-refractivity contribution in [2.45, 2.75) is 12.2 Å². The molecule has 0 unspecified atom stereocenters. The van der Waals surface area contributed by atoms with Gasteiger partial charge in [0.15, 0.2) is 0 Å². The van der Waals surface area contributed by atoms with Crippen LogP contribution < -0.4 is 4.13 Å². The lowest BCUT2D eigenvalue weighted by Gasteiger charge is -2.09. The first-order valence-corrected chi connectivity index (χ1v) is 5.18. The highest BCUT2D eigenvalue weighted by molar-refractivity contribution is 8.03. The first kappa shape index (κ1) is 11.6. The van der Waals surface area contributed by atoms with E-state index in [4.69, 9.17) is 0 Å². The van der Waals surface area contributed by atoms with Crippen LogP contribution in [-0.2, 0) is 20.4 Å². The Kier molecular flexibility index (Phi) is 2.77. The van der Waals surface area contributed by atoms with E-state index in [1.807, 2.05) is 0 Å². The summed E-state index contributed by atoms with van der Waals surface area (Å²) in [6.45, 7) is -0.0828. The standard InChI is InChI=1S/C2H4F3NO4S2/c1-2(3,4)11(7,8)6-12(5,9)10/h6H,1H3. The molecule has 1 N–H and O–H groups in total. The minimum absolute atomic E-state index is 0.0828. The first-order chi connectivity index (χ1) is 4.96. The molecule has 0 radical (unpaired) electrons. The van der Waals surface area contributed by atoms with Crippen LogP contribution >= 0.6 is 0 Å². The number of hydrogen-bond donors (Lipinski definition) is 1. The van der Waals surface area contributed by atoms with Crippen molar-refractivity contribution in [2.75, 3.05) is 0 Å². The molecule has 0 aromatic carbocycles. The second kappa shape index (κ2) is 2.85. The maximum absolute atomic E-state index is 11.9. The Morgan fingerprint density at radius 3 is 1.58 bits per heavy atom. The van der Waals surface area contributed by atoms with Crippen LogP contribution in [0.1, 0.15) is 6.92 Å². The van der Waals surface area contributed by atoms with Crippen molar-refractivity contribution in [1.29, 1.82) is 0 Å². The van der Waals surface area contributed by atoms with Gasteiger partial charge in [0.25, 0.3) is 10.0 Å².